The number of hydrogen-bond donors (Lipinski definition) is 1. The topological polar surface area (TPSA) is 88.5 Å². The highest BCUT2D eigenvalue weighted by Crippen LogP contribution is 2.43. The van der Waals surface area contributed by atoms with E-state index in [1.165, 1.54) is 36.4 Å². The average Bonchev–Trinajstić information content (AvgIpc) is 2.73. The lowest BCUT2D eigenvalue weighted by atomic mass is 10.0. The number of aliphatic hydroxyl groups is 1. The van der Waals surface area contributed by atoms with Crippen molar-refractivity contribution >= 4 is 19.7 Å². The van der Waals surface area contributed by atoms with Crippen LogP contribution in [0.2, 0.25) is 0 Å². The maximum Gasteiger partial charge on any atom is 0.199 e. The number of rotatable bonds is 4. The molecular formula is C22H26O5S2. The molecule has 1 atom stereocenters. The molecule has 0 heterocycles. The van der Waals surface area contributed by atoms with Crippen molar-refractivity contribution in [3.05, 3.63) is 72.8 Å². The first kappa shape index (κ1) is 21.7. The van der Waals surface area contributed by atoms with Crippen LogP contribution in [-0.2, 0) is 19.7 Å². The van der Waals surface area contributed by atoms with E-state index in [4.69, 9.17) is 0 Å². The van der Waals surface area contributed by atoms with Crippen molar-refractivity contribution in [2.24, 2.45) is 0 Å². The minimum atomic E-state index is -4.24. The van der Waals surface area contributed by atoms with Gasteiger partial charge in [0.2, 0.25) is 0 Å². The van der Waals surface area contributed by atoms with Gasteiger partial charge in [-0.1, -0.05) is 67.8 Å². The van der Waals surface area contributed by atoms with Crippen molar-refractivity contribution in [3.63, 3.8) is 0 Å². The Morgan fingerprint density at radius 2 is 1.28 bits per heavy atom. The van der Waals surface area contributed by atoms with E-state index in [0.29, 0.717) is 25.7 Å². The smallest absolute Gasteiger partial charge is 0.199 e. The normalized spacial score (nSPS) is 21.9. The SMILES string of the molecule is O=S(=O)(c1ccccc1)C1(S(=O)(=O)c2ccccc2)C/C=C/C(O)CCCCC1. The van der Waals surface area contributed by atoms with Gasteiger partial charge in [-0.3, -0.25) is 0 Å². The molecule has 0 spiro atoms. The van der Waals surface area contributed by atoms with E-state index in [0.717, 1.165) is 0 Å². The second-order valence-corrected chi connectivity index (χ2v) is 12.1. The second kappa shape index (κ2) is 8.81. The third-order valence-electron chi connectivity index (χ3n) is 5.43. The van der Waals surface area contributed by atoms with E-state index in [2.05, 4.69) is 0 Å². The Kier molecular flexibility index (Phi) is 6.61. The third kappa shape index (κ3) is 4.17. The van der Waals surface area contributed by atoms with Gasteiger partial charge in [-0.15, -0.1) is 0 Å². The minimum absolute atomic E-state index is 0.00188. The predicted molar refractivity (Wildman–Crippen MR) is 113 cm³/mol. The summed E-state index contributed by atoms with van der Waals surface area (Å²) in [5.41, 5.74) is 0. The molecule has 1 aliphatic rings. The Labute approximate surface area is 172 Å². The van der Waals surface area contributed by atoms with Crippen LogP contribution in [0.5, 0.6) is 0 Å². The first-order valence-corrected chi connectivity index (χ1v) is 12.7. The molecule has 3 rings (SSSR count). The van der Waals surface area contributed by atoms with Gasteiger partial charge in [-0.25, -0.2) is 16.8 Å². The Morgan fingerprint density at radius 3 is 1.79 bits per heavy atom. The van der Waals surface area contributed by atoms with Crippen LogP contribution in [0.1, 0.15) is 38.5 Å². The number of benzene rings is 2. The van der Waals surface area contributed by atoms with Gasteiger partial charge in [0.05, 0.1) is 15.9 Å². The molecule has 7 heteroatoms. The summed E-state index contributed by atoms with van der Waals surface area (Å²) >= 11 is 0. The summed E-state index contributed by atoms with van der Waals surface area (Å²) in [7, 11) is -8.47. The molecule has 5 nitrogen and oxygen atoms in total. The van der Waals surface area contributed by atoms with Gasteiger partial charge < -0.3 is 5.11 Å². The zero-order valence-electron chi connectivity index (χ0n) is 16.1. The fourth-order valence-electron chi connectivity index (χ4n) is 3.79. The summed E-state index contributed by atoms with van der Waals surface area (Å²) in [5.74, 6) is 0. The molecule has 1 N–H and O–H groups in total. The first-order chi connectivity index (χ1) is 13.8. The summed E-state index contributed by atoms with van der Waals surface area (Å²) in [6, 6.07) is 15.5. The summed E-state index contributed by atoms with van der Waals surface area (Å²) in [5, 5.41) is 10.1. The molecule has 29 heavy (non-hydrogen) atoms. The zero-order valence-corrected chi connectivity index (χ0v) is 17.8. The molecule has 0 aromatic heterocycles. The number of sulfone groups is 2. The average molecular weight is 435 g/mol. The molecule has 0 fully saturated rings. The van der Waals surface area contributed by atoms with E-state index in [9.17, 15) is 21.9 Å². The van der Waals surface area contributed by atoms with Crippen LogP contribution in [0.15, 0.2) is 82.6 Å². The lowest BCUT2D eigenvalue weighted by Crippen LogP contribution is -2.46. The van der Waals surface area contributed by atoms with Crippen molar-refractivity contribution in [1.82, 2.24) is 0 Å². The fraction of sp³-hybridized carbons (Fsp3) is 0.364. The van der Waals surface area contributed by atoms with Crippen molar-refractivity contribution in [2.45, 2.75) is 58.5 Å². The molecular weight excluding hydrogens is 408 g/mol. The molecule has 0 saturated heterocycles. The van der Waals surface area contributed by atoms with Crippen LogP contribution in [0, 0.1) is 0 Å². The Bertz CT molecular complexity index is 973. The summed E-state index contributed by atoms with van der Waals surface area (Å²) < 4.78 is 53.2. The Morgan fingerprint density at radius 1 is 0.759 bits per heavy atom. The molecule has 2 aromatic rings. The molecule has 0 amide bonds. The monoisotopic (exact) mass is 434 g/mol. The first-order valence-electron chi connectivity index (χ1n) is 9.75. The van der Waals surface area contributed by atoms with Crippen LogP contribution in [0.4, 0.5) is 0 Å². The van der Waals surface area contributed by atoms with E-state index >= 15 is 0 Å². The van der Waals surface area contributed by atoms with E-state index < -0.39 is 29.9 Å². The summed E-state index contributed by atoms with van der Waals surface area (Å²) in [4.78, 5) is -0.0176. The van der Waals surface area contributed by atoms with E-state index in [1.54, 1.807) is 36.4 Å². The maximum atomic E-state index is 13.8. The van der Waals surface area contributed by atoms with E-state index in [1.807, 2.05) is 0 Å². The number of hydrogen-bond acceptors (Lipinski definition) is 5. The standard InChI is InChI=1S/C22H26O5S2/c23-19-11-4-3-9-17-22(18-10-12-19,28(24,25)20-13-5-1-6-14-20)29(26,27)21-15-7-2-8-16-21/h1-2,5-8,10,12-16,19,23H,3-4,9,11,17-18H2/b12-10+. The highest BCUT2D eigenvalue weighted by atomic mass is 32.3. The zero-order chi connectivity index (χ0) is 21.0. The van der Waals surface area contributed by atoms with Crippen LogP contribution in [0.25, 0.3) is 0 Å². The van der Waals surface area contributed by atoms with Gasteiger partial charge in [0.25, 0.3) is 0 Å². The highest BCUT2D eigenvalue weighted by molar-refractivity contribution is 8.10. The molecule has 1 aliphatic carbocycles. The van der Waals surface area contributed by atoms with Crippen LogP contribution in [0.3, 0.4) is 0 Å². The van der Waals surface area contributed by atoms with Gasteiger partial charge in [-0.05, 0) is 37.1 Å². The predicted octanol–water partition coefficient (Wildman–Crippen LogP) is 3.90. The molecule has 156 valence electrons. The lowest BCUT2D eigenvalue weighted by Gasteiger charge is -2.33. The fourth-order valence-corrected chi connectivity index (χ4v) is 8.87. The summed E-state index contributed by atoms with van der Waals surface area (Å²) in [6.07, 6.45) is 4.50. The Balaban J connectivity index is 2.25. The van der Waals surface area contributed by atoms with Crippen molar-refractivity contribution in [3.8, 4) is 0 Å². The van der Waals surface area contributed by atoms with Gasteiger partial charge in [0, 0.05) is 6.42 Å². The van der Waals surface area contributed by atoms with Gasteiger partial charge in [-0.2, -0.15) is 0 Å². The van der Waals surface area contributed by atoms with Crippen LogP contribution in [-0.4, -0.2) is 32.1 Å². The van der Waals surface area contributed by atoms with E-state index in [-0.39, 0.29) is 22.6 Å². The minimum Gasteiger partial charge on any atom is -0.389 e. The lowest BCUT2D eigenvalue weighted by molar-refractivity contribution is 0.207. The summed E-state index contributed by atoms with van der Waals surface area (Å²) in [6.45, 7) is 0. The second-order valence-electron chi connectivity index (χ2n) is 7.34. The van der Waals surface area contributed by atoms with Crippen LogP contribution < -0.4 is 0 Å². The molecule has 2 aromatic carbocycles. The molecule has 0 radical (unpaired) electrons. The quantitative estimate of drug-likeness (QED) is 0.737. The molecule has 0 bridgehead atoms. The third-order valence-corrected chi connectivity index (χ3v) is 11.2. The molecule has 0 aliphatic heterocycles. The molecule has 0 saturated carbocycles. The van der Waals surface area contributed by atoms with Crippen molar-refractivity contribution in [2.75, 3.05) is 0 Å². The van der Waals surface area contributed by atoms with Gasteiger partial charge in [0.1, 0.15) is 0 Å². The van der Waals surface area contributed by atoms with Gasteiger partial charge >= 0.3 is 0 Å². The van der Waals surface area contributed by atoms with Crippen LogP contribution >= 0.6 is 0 Å². The van der Waals surface area contributed by atoms with Crippen molar-refractivity contribution < 1.29 is 21.9 Å². The molecule has 1 unspecified atom stereocenters. The number of allylic oxidation sites excluding steroid dienone is 1. The maximum absolute atomic E-state index is 13.8. The highest BCUT2D eigenvalue weighted by Gasteiger charge is 2.54. The Hall–Kier alpha value is -1.96. The largest absolute Gasteiger partial charge is 0.389 e. The number of aliphatic hydroxyl groups excluding tert-OH is 1. The van der Waals surface area contributed by atoms with Crippen molar-refractivity contribution in [1.29, 1.82) is 0 Å². The van der Waals surface area contributed by atoms with Gasteiger partial charge in [0.15, 0.2) is 23.8 Å².